The number of hydrogen-bond acceptors (Lipinski definition) is 4. The van der Waals surface area contributed by atoms with Gasteiger partial charge in [0.15, 0.2) is 0 Å². The molecule has 3 saturated heterocycles. The summed E-state index contributed by atoms with van der Waals surface area (Å²) in [5, 5.41) is 0. The van der Waals surface area contributed by atoms with E-state index in [1.807, 2.05) is 55.1 Å². The number of likely N-dealkylation sites (tertiary alicyclic amines) is 3. The summed E-state index contributed by atoms with van der Waals surface area (Å²) < 4.78 is 0. The highest BCUT2D eigenvalue weighted by molar-refractivity contribution is 5.94. The SMILES string of the molecule is Cc1cc(C)cc(C(=O)N2CCC3(CC2)CN(Cc2cccnc2)CC32CCN(C)C2=O)c1. The van der Waals surface area contributed by atoms with Gasteiger partial charge in [0.05, 0.1) is 5.41 Å². The Bertz CT molecular complexity index is 1040. The Kier molecular flexibility index (Phi) is 5.52. The maximum Gasteiger partial charge on any atom is 0.253 e. The molecule has 174 valence electrons. The molecule has 1 aromatic heterocycles. The van der Waals surface area contributed by atoms with Gasteiger partial charge in [0.1, 0.15) is 0 Å². The lowest BCUT2D eigenvalue weighted by atomic mass is 9.60. The molecule has 2 amide bonds. The minimum absolute atomic E-state index is 0.0731. The molecule has 4 heterocycles. The molecule has 2 spiro atoms. The van der Waals surface area contributed by atoms with E-state index in [0.29, 0.717) is 19.0 Å². The second-order valence-corrected chi connectivity index (χ2v) is 10.5. The molecule has 0 aliphatic carbocycles. The maximum absolute atomic E-state index is 13.5. The van der Waals surface area contributed by atoms with Gasteiger partial charge in [-0.05, 0) is 56.9 Å². The van der Waals surface area contributed by atoms with Crippen molar-refractivity contribution in [3.8, 4) is 0 Å². The summed E-state index contributed by atoms with van der Waals surface area (Å²) in [4.78, 5) is 37.4. The third-order valence-corrected chi connectivity index (χ3v) is 8.27. The van der Waals surface area contributed by atoms with Gasteiger partial charge >= 0.3 is 0 Å². The number of aryl methyl sites for hydroxylation is 2. The predicted molar refractivity (Wildman–Crippen MR) is 128 cm³/mol. The van der Waals surface area contributed by atoms with E-state index in [4.69, 9.17) is 0 Å². The fourth-order valence-electron chi connectivity index (χ4n) is 6.67. The van der Waals surface area contributed by atoms with Gasteiger partial charge < -0.3 is 9.80 Å². The standard InChI is InChI=1S/C27H34N4O2/c1-20-13-21(2)15-23(14-20)24(32)31-11-6-26(7-12-31)18-30(17-22-5-4-9-28-16-22)19-27(26)8-10-29(3)25(27)33/h4-5,9,13-16H,6-8,10-12,17-19H2,1-3H3. The second kappa shape index (κ2) is 8.24. The van der Waals surface area contributed by atoms with E-state index in [-0.39, 0.29) is 16.7 Å². The first-order chi connectivity index (χ1) is 15.8. The molecule has 3 aliphatic rings. The van der Waals surface area contributed by atoms with E-state index in [1.165, 1.54) is 5.56 Å². The molecule has 1 unspecified atom stereocenters. The first-order valence-corrected chi connectivity index (χ1v) is 12.1. The molecule has 3 aliphatic heterocycles. The van der Waals surface area contributed by atoms with Crippen LogP contribution in [-0.2, 0) is 11.3 Å². The summed E-state index contributed by atoms with van der Waals surface area (Å²) in [6, 6.07) is 10.2. The van der Waals surface area contributed by atoms with Crippen molar-refractivity contribution in [3.05, 3.63) is 65.0 Å². The highest BCUT2D eigenvalue weighted by Crippen LogP contribution is 2.57. The number of piperidine rings is 1. The lowest BCUT2D eigenvalue weighted by Crippen LogP contribution is -2.53. The molecule has 5 rings (SSSR count). The number of pyridine rings is 1. The highest BCUT2D eigenvalue weighted by Gasteiger charge is 2.64. The number of fused-ring (bicyclic) bond motifs is 1. The third-order valence-electron chi connectivity index (χ3n) is 8.27. The molecule has 0 bridgehead atoms. The second-order valence-electron chi connectivity index (χ2n) is 10.5. The molecule has 33 heavy (non-hydrogen) atoms. The Labute approximate surface area is 196 Å². The van der Waals surface area contributed by atoms with Crippen LogP contribution in [0.3, 0.4) is 0 Å². The quantitative estimate of drug-likeness (QED) is 0.726. The lowest BCUT2D eigenvalue weighted by Gasteiger charge is -2.47. The van der Waals surface area contributed by atoms with Crippen molar-refractivity contribution in [2.24, 2.45) is 10.8 Å². The Balaban J connectivity index is 1.37. The molecule has 6 nitrogen and oxygen atoms in total. The maximum atomic E-state index is 13.5. The van der Waals surface area contributed by atoms with E-state index < -0.39 is 0 Å². The molecule has 0 radical (unpaired) electrons. The Morgan fingerprint density at radius 2 is 1.76 bits per heavy atom. The molecule has 2 aromatic rings. The Morgan fingerprint density at radius 3 is 2.36 bits per heavy atom. The number of hydrogen-bond donors (Lipinski definition) is 0. The summed E-state index contributed by atoms with van der Waals surface area (Å²) in [6.45, 7) is 8.86. The summed E-state index contributed by atoms with van der Waals surface area (Å²) in [7, 11) is 1.94. The molecular formula is C27H34N4O2. The van der Waals surface area contributed by atoms with Gasteiger partial charge in [0.2, 0.25) is 5.91 Å². The van der Waals surface area contributed by atoms with Crippen molar-refractivity contribution < 1.29 is 9.59 Å². The summed E-state index contributed by atoms with van der Waals surface area (Å²) in [5.74, 6) is 0.413. The number of rotatable bonds is 3. The van der Waals surface area contributed by atoms with Gasteiger partial charge in [0, 0.05) is 69.7 Å². The van der Waals surface area contributed by atoms with Crippen molar-refractivity contribution in [1.29, 1.82) is 0 Å². The highest BCUT2D eigenvalue weighted by atomic mass is 16.2. The predicted octanol–water partition coefficient (Wildman–Crippen LogP) is 3.29. The zero-order chi connectivity index (χ0) is 23.2. The van der Waals surface area contributed by atoms with Crippen LogP contribution in [0.15, 0.2) is 42.7 Å². The molecular weight excluding hydrogens is 412 g/mol. The van der Waals surface area contributed by atoms with Crippen LogP contribution in [0.5, 0.6) is 0 Å². The number of aromatic nitrogens is 1. The molecule has 6 heteroatoms. The molecule has 0 N–H and O–H groups in total. The van der Waals surface area contributed by atoms with Gasteiger partial charge in [-0.3, -0.25) is 19.5 Å². The smallest absolute Gasteiger partial charge is 0.253 e. The van der Waals surface area contributed by atoms with Gasteiger partial charge in [-0.25, -0.2) is 0 Å². The number of nitrogens with zero attached hydrogens (tertiary/aromatic N) is 4. The van der Waals surface area contributed by atoms with E-state index in [0.717, 1.165) is 62.1 Å². The van der Waals surface area contributed by atoms with Crippen LogP contribution in [-0.4, -0.2) is 71.3 Å². The van der Waals surface area contributed by atoms with E-state index in [9.17, 15) is 9.59 Å². The summed E-state index contributed by atoms with van der Waals surface area (Å²) in [6.07, 6.45) is 6.40. The third kappa shape index (κ3) is 3.74. The van der Waals surface area contributed by atoms with Crippen LogP contribution in [0, 0.1) is 24.7 Å². The minimum atomic E-state index is -0.334. The van der Waals surface area contributed by atoms with Crippen LogP contribution >= 0.6 is 0 Å². The van der Waals surface area contributed by atoms with Crippen molar-refractivity contribution in [1.82, 2.24) is 19.7 Å². The number of carbonyl (C=O) groups is 2. The average molecular weight is 447 g/mol. The van der Waals surface area contributed by atoms with E-state index in [1.54, 1.807) is 6.20 Å². The van der Waals surface area contributed by atoms with Gasteiger partial charge in [-0.2, -0.15) is 0 Å². The molecule has 1 atom stereocenters. The normalized spacial score (nSPS) is 24.9. The Morgan fingerprint density at radius 1 is 1.03 bits per heavy atom. The molecule has 0 saturated carbocycles. The van der Waals surface area contributed by atoms with Crippen LogP contribution < -0.4 is 0 Å². The van der Waals surface area contributed by atoms with Crippen molar-refractivity contribution in [2.75, 3.05) is 39.8 Å². The number of amides is 2. The van der Waals surface area contributed by atoms with E-state index in [2.05, 4.69) is 22.0 Å². The Hall–Kier alpha value is -2.73. The fraction of sp³-hybridized carbons (Fsp3) is 0.519. The van der Waals surface area contributed by atoms with Crippen LogP contribution in [0.25, 0.3) is 0 Å². The average Bonchev–Trinajstić information content (AvgIpc) is 3.25. The molecule has 3 fully saturated rings. The minimum Gasteiger partial charge on any atom is -0.345 e. The van der Waals surface area contributed by atoms with Crippen molar-refractivity contribution in [2.45, 2.75) is 39.7 Å². The topological polar surface area (TPSA) is 56.8 Å². The number of carbonyl (C=O) groups excluding carboxylic acids is 2. The van der Waals surface area contributed by atoms with Crippen LogP contribution in [0.1, 0.15) is 46.3 Å². The molecule has 1 aromatic carbocycles. The van der Waals surface area contributed by atoms with Crippen molar-refractivity contribution in [3.63, 3.8) is 0 Å². The van der Waals surface area contributed by atoms with Crippen LogP contribution in [0.4, 0.5) is 0 Å². The largest absolute Gasteiger partial charge is 0.345 e. The zero-order valence-electron chi connectivity index (χ0n) is 20.0. The van der Waals surface area contributed by atoms with Gasteiger partial charge in [-0.15, -0.1) is 0 Å². The van der Waals surface area contributed by atoms with E-state index >= 15 is 0 Å². The van der Waals surface area contributed by atoms with Crippen molar-refractivity contribution >= 4 is 11.8 Å². The summed E-state index contributed by atoms with van der Waals surface area (Å²) in [5.41, 5.74) is 3.79. The van der Waals surface area contributed by atoms with Gasteiger partial charge in [0.25, 0.3) is 5.91 Å². The number of benzene rings is 1. The first kappa shape index (κ1) is 22.1. The monoisotopic (exact) mass is 446 g/mol. The summed E-state index contributed by atoms with van der Waals surface area (Å²) >= 11 is 0. The van der Waals surface area contributed by atoms with Crippen LogP contribution in [0.2, 0.25) is 0 Å². The fourth-order valence-corrected chi connectivity index (χ4v) is 6.67. The van der Waals surface area contributed by atoms with Gasteiger partial charge in [-0.1, -0.05) is 23.3 Å². The zero-order valence-corrected chi connectivity index (χ0v) is 20.0. The lowest BCUT2D eigenvalue weighted by molar-refractivity contribution is -0.141. The first-order valence-electron chi connectivity index (χ1n) is 12.1.